The monoisotopic (exact) mass is 427 g/mol. The van der Waals surface area contributed by atoms with E-state index in [-0.39, 0.29) is 16.6 Å². The summed E-state index contributed by atoms with van der Waals surface area (Å²) >= 11 is 2.86. The molecule has 0 radical (unpaired) electrons. The smallest absolute Gasteiger partial charge is 0.243 e. The summed E-state index contributed by atoms with van der Waals surface area (Å²) in [5.41, 5.74) is 2.24. The van der Waals surface area contributed by atoms with Gasteiger partial charge in [-0.1, -0.05) is 17.8 Å². The van der Waals surface area contributed by atoms with Crippen LogP contribution in [-0.2, 0) is 19.6 Å². The standard InChI is InChI=1S/C17H21N3O4S3/c1-12-3-4-14(27(22,23)20-5-7-24-8-6-20)9-15(12)19-16(21)11-26-17-18-13(2)10-25-17/h3-4,9-10H,5-8,11H2,1-2H3,(H,19,21). The molecule has 0 spiro atoms. The molecule has 3 rings (SSSR count). The number of thiazole rings is 1. The molecule has 0 saturated carbocycles. The second-order valence-electron chi connectivity index (χ2n) is 6.08. The SMILES string of the molecule is Cc1csc(SCC(=O)Nc2cc(S(=O)(=O)N3CCOCC3)ccc2C)n1. The molecule has 1 amide bonds. The molecule has 10 heteroatoms. The Balaban J connectivity index is 1.70. The number of benzene rings is 1. The third kappa shape index (κ3) is 5.08. The molecular weight excluding hydrogens is 406 g/mol. The zero-order chi connectivity index (χ0) is 19.4. The van der Waals surface area contributed by atoms with Gasteiger partial charge >= 0.3 is 0 Å². The number of rotatable bonds is 6. The van der Waals surface area contributed by atoms with Crippen LogP contribution in [0.1, 0.15) is 11.3 Å². The van der Waals surface area contributed by atoms with Crippen LogP contribution in [0.15, 0.2) is 32.8 Å². The number of carbonyl (C=O) groups is 1. The lowest BCUT2D eigenvalue weighted by Gasteiger charge is -2.26. The zero-order valence-electron chi connectivity index (χ0n) is 15.1. The Bertz CT molecular complexity index is 921. The molecule has 1 aliphatic heterocycles. The number of aryl methyl sites for hydroxylation is 2. The van der Waals surface area contributed by atoms with E-state index in [2.05, 4.69) is 10.3 Å². The molecule has 1 aromatic carbocycles. The second-order valence-corrected chi connectivity index (χ2v) is 10.1. The van der Waals surface area contributed by atoms with Crippen LogP contribution < -0.4 is 5.32 Å². The number of hydrogen-bond donors (Lipinski definition) is 1. The molecule has 1 fully saturated rings. The van der Waals surface area contributed by atoms with Crippen molar-refractivity contribution in [2.24, 2.45) is 0 Å². The van der Waals surface area contributed by atoms with E-state index < -0.39 is 10.0 Å². The highest BCUT2D eigenvalue weighted by molar-refractivity contribution is 8.01. The van der Waals surface area contributed by atoms with Gasteiger partial charge in [0, 0.05) is 29.9 Å². The van der Waals surface area contributed by atoms with Crippen molar-refractivity contribution >= 4 is 44.7 Å². The van der Waals surface area contributed by atoms with E-state index in [0.29, 0.717) is 32.0 Å². The molecule has 1 aliphatic rings. The number of ether oxygens (including phenoxy) is 1. The number of amides is 1. The molecule has 1 aromatic heterocycles. The highest BCUT2D eigenvalue weighted by Gasteiger charge is 2.26. The average Bonchev–Trinajstić information content (AvgIpc) is 3.08. The largest absolute Gasteiger partial charge is 0.379 e. The number of aromatic nitrogens is 1. The summed E-state index contributed by atoms with van der Waals surface area (Å²) in [5.74, 6) is 0.0178. The van der Waals surface area contributed by atoms with Crippen LogP contribution in [0.5, 0.6) is 0 Å². The van der Waals surface area contributed by atoms with Gasteiger partial charge in [-0.05, 0) is 31.5 Å². The predicted molar refractivity (Wildman–Crippen MR) is 107 cm³/mol. The predicted octanol–water partition coefficient (Wildman–Crippen LogP) is 2.51. The Morgan fingerprint density at radius 3 is 2.74 bits per heavy atom. The van der Waals surface area contributed by atoms with Gasteiger partial charge in [0.25, 0.3) is 0 Å². The van der Waals surface area contributed by atoms with Crippen molar-refractivity contribution in [1.29, 1.82) is 0 Å². The molecule has 0 unspecified atom stereocenters. The molecule has 0 atom stereocenters. The molecular formula is C17H21N3O4S3. The van der Waals surface area contributed by atoms with Gasteiger partial charge in [-0.2, -0.15) is 4.31 Å². The lowest BCUT2D eigenvalue weighted by atomic mass is 10.2. The summed E-state index contributed by atoms with van der Waals surface area (Å²) in [7, 11) is -3.60. The Morgan fingerprint density at radius 2 is 2.07 bits per heavy atom. The van der Waals surface area contributed by atoms with Crippen LogP contribution in [0, 0.1) is 13.8 Å². The van der Waals surface area contributed by atoms with Gasteiger partial charge in [-0.15, -0.1) is 11.3 Å². The number of morpholine rings is 1. The van der Waals surface area contributed by atoms with Crippen LogP contribution in [0.3, 0.4) is 0 Å². The van der Waals surface area contributed by atoms with Gasteiger partial charge in [0.05, 0.1) is 23.9 Å². The van der Waals surface area contributed by atoms with Crippen molar-refractivity contribution in [3.63, 3.8) is 0 Å². The van der Waals surface area contributed by atoms with E-state index in [0.717, 1.165) is 15.6 Å². The summed E-state index contributed by atoms with van der Waals surface area (Å²) in [6, 6.07) is 4.80. The van der Waals surface area contributed by atoms with Gasteiger partial charge < -0.3 is 10.1 Å². The first-order valence-corrected chi connectivity index (χ1v) is 11.7. The van der Waals surface area contributed by atoms with E-state index in [4.69, 9.17) is 4.74 Å². The number of nitrogens with one attached hydrogen (secondary N) is 1. The van der Waals surface area contributed by atoms with Crippen LogP contribution in [-0.4, -0.2) is 55.7 Å². The third-order valence-corrected chi connectivity index (χ3v) is 8.05. The van der Waals surface area contributed by atoms with E-state index in [1.807, 2.05) is 19.2 Å². The van der Waals surface area contributed by atoms with Crippen molar-refractivity contribution in [3.05, 3.63) is 34.8 Å². The van der Waals surface area contributed by atoms with Crippen LogP contribution in [0.4, 0.5) is 5.69 Å². The first-order chi connectivity index (χ1) is 12.9. The Hall–Kier alpha value is -1.46. The fourth-order valence-corrected chi connectivity index (χ4v) is 5.63. The summed E-state index contributed by atoms with van der Waals surface area (Å²) in [4.78, 5) is 16.8. The molecule has 146 valence electrons. The summed E-state index contributed by atoms with van der Waals surface area (Å²) in [6.45, 7) is 5.19. The zero-order valence-corrected chi connectivity index (χ0v) is 17.5. The fraction of sp³-hybridized carbons (Fsp3) is 0.412. The minimum atomic E-state index is -3.60. The maximum atomic E-state index is 12.8. The number of carbonyl (C=O) groups excluding carboxylic acids is 1. The third-order valence-electron chi connectivity index (χ3n) is 4.02. The van der Waals surface area contributed by atoms with Crippen molar-refractivity contribution in [3.8, 4) is 0 Å². The molecule has 1 saturated heterocycles. The first-order valence-electron chi connectivity index (χ1n) is 8.39. The van der Waals surface area contributed by atoms with E-state index >= 15 is 0 Å². The molecule has 27 heavy (non-hydrogen) atoms. The molecule has 0 bridgehead atoms. The van der Waals surface area contributed by atoms with E-state index in [1.54, 1.807) is 12.1 Å². The van der Waals surface area contributed by atoms with Gasteiger partial charge in [0.1, 0.15) is 0 Å². The van der Waals surface area contributed by atoms with Gasteiger partial charge in [-0.3, -0.25) is 4.79 Å². The lowest BCUT2D eigenvalue weighted by Crippen LogP contribution is -2.40. The minimum absolute atomic E-state index is 0.175. The molecule has 0 aliphatic carbocycles. The van der Waals surface area contributed by atoms with Crippen molar-refractivity contribution < 1.29 is 17.9 Å². The summed E-state index contributed by atoms with van der Waals surface area (Å²) < 4.78 is 33.1. The highest BCUT2D eigenvalue weighted by atomic mass is 32.2. The van der Waals surface area contributed by atoms with E-state index in [9.17, 15) is 13.2 Å². The van der Waals surface area contributed by atoms with Crippen molar-refractivity contribution in [2.75, 3.05) is 37.4 Å². The maximum absolute atomic E-state index is 12.8. The fourth-order valence-electron chi connectivity index (χ4n) is 2.54. The Kier molecular flexibility index (Phi) is 6.53. The van der Waals surface area contributed by atoms with Gasteiger partial charge in [0.15, 0.2) is 4.34 Å². The van der Waals surface area contributed by atoms with Crippen LogP contribution in [0.25, 0.3) is 0 Å². The Labute approximate surface area is 167 Å². The number of sulfonamides is 1. The molecule has 2 heterocycles. The maximum Gasteiger partial charge on any atom is 0.243 e. The van der Waals surface area contributed by atoms with Crippen LogP contribution in [0.2, 0.25) is 0 Å². The lowest BCUT2D eigenvalue weighted by molar-refractivity contribution is -0.113. The number of anilines is 1. The summed E-state index contributed by atoms with van der Waals surface area (Å²) in [5, 5.41) is 4.75. The number of thioether (sulfide) groups is 1. The summed E-state index contributed by atoms with van der Waals surface area (Å²) in [6.07, 6.45) is 0. The van der Waals surface area contributed by atoms with Crippen molar-refractivity contribution in [2.45, 2.75) is 23.1 Å². The minimum Gasteiger partial charge on any atom is -0.379 e. The molecule has 2 aromatic rings. The van der Waals surface area contributed by atoms with Gasteiger partial charge in [0.2, 0.25) is 15.9 Å². The number of nitrogens with zero attached hydrogens (tertiary/aromatic N) is 2. The quantitative estimate of drug-likeness (QED) is 0.713. The number of hydrogen-bond acceptors (Lipinski definition) is 7. The van der Waals surface area contributed by atoms with E-state index in [1.165, 1.54) is 33.5 Å². The highest BCUT2D eigenvalue weighted by Crippen LogP contribution is 2.25. The van der Waals surface area contributed by atoms with Crippen LogP contribution >= 0.6 is 23.1 Å². The Morgan fingerprint density at radius 1 is 1.33 bits per heavy atom. The second kappa shape index (κ2) is 8.70. The topological polar surface area (TPSA) is 88.6 Å². The molecule has 1 N–H and O–H groups in total. The normalized spacial score (nSPS) is 15.6. The first kappa shape index (κ1) is 20.3. The molecule has 7 nitrogen and oxygen atoms in total. The van der Waals surface area contributed by atoms with Gasteiger partial charge in [-0.25, -0.2) is 13.4 Å². The average molecular weight is 428 g/mol. The van der Waals surface area contributed by atoms with Crippen molar-refractivity contribution in [1.82, 2.24) is 9.29 Å².